The number of halogens is 1. The van der Waals surface area contributed by atoms with Gasteiger partial charge in [-0.25, -0.2) is 0 Å². The highest BCUT2D eigenvalue weighted by molar-refractivity contribution is 7.14. The molecule has 0 saturated carbocycles. The average Bonchev–Trinajstić information content (AvgIpc) is 2.65. The Morgan fingerprint density at radius 2 is 1.95 bits per heavy atom. The molecule has 1 aliphatic heterocycles. The van der Waals surface area contributed by atoms with Gasteiger partial charge in [-0.1, -0.05) is 6.42 Å². The quantitative estimate of drug-likeness (QED) is 0.808. The number of amides is 1. The summed E-state index contributed by atoms with van der Waals surface area (Å²) in [4.78, 5) is 17.0. The summed E-state index contributed by atoms with van der Waals surface area (Å²) in [5.41, 5.74) is 1.44. The third-order valence-corrected chi connectivity index (χ3v) is 5.31. The Bertz CT molecular complexity index is 429. The van der Waals surface area contributed by atoms with Crippen molar-refractivity contribution in [2.45, 2.75) is 38.5 Å². The topological polar surface area (TPSA) is 32.3 Å². The summed E-state index contributed by atoms with van der Waals surface area (Å²) in [6.07, 6.45) is 7.31. The van der Waals surface area contributed by atoms with Crippen LogP contribution in [0.2, 0.25) is 0 Å². The van der Waals surface area contributed by atoms with Crippen molar-refractivity contribution < 1.29 is 4.79 Å². The maximum atomic E-state index is 12.6. The zero-order valence-corrected chi connectivity index (χ0v) is 13.5. The second-order valence-corrected chi connectivity index (χ2v) is 6.65. The van der Waals surface area contributed by atoms with Crippen molar-refractivity contribution in [2.24, 2.45) is 0 Å². The Balaban J connectivity index is 0.00000147. The van der Waals surface area contributed by atoms with E-state index in [2.05, 4.69) is 11.4 Å². The molecule has 0 radical (unpaired) electrons. The van der Waals surface area contributed by atoms with Crippen LogP contribution in [0.4, 0.5) is 0 Å². The molecule has 2 aliphatic rings. The Morgan fingerprint density at radius 1 is 1.10 bits per heavy atom. The van der Waals surface area contributed by atoms with Crippen molar-refractivity contribution in [3.8, 4) is 0 Å². The lowest BCUT2D eigenvalue weighted by atomic mass is 10.1. The van der Waals surface area contributed by atoms with Crippen LogP contribution in [0.3, 0.4) is 0 Å². The summed E-state index contributed by atoms with van der Waals surface area (Å²) >= 11 is 1.75. The molecule has 1 aliphatic carbocycles. The van der Waals surface area contributed by atoms with E-state index in [0.29, 0.717) is 0 Å². The summed E-state index contributed by atoms with van der Waals surface area (Å²) in [5, 5.41) is 3.35. The lowest BCUT2D eigenvalue weighted by molar-refractivity contribution is 0.0771. The van der Waals surface area contributed by atoms with E-state index in [9.17, 15) is 4.79 Å². The van der Waals surface area contributed by atoms with Crippen LogP contribution in [0.5, 0.6) is 0 Å². The maximum absolute atomic E-state index is 12.6. The predicted octanol–water partition coefficient (Wildman–Crippen LogP) is 2.87. The number of rotatable bonds is 1. The average molecular weight is 315 g/mol. The molecule has 0 bridgehead atoms. The molecular weight excluding hydrogens is 292 g/mol. The van der Waals surface area contributed by atoms with Crippen LogP contribution in [0.25, 0.3) is 0 Å². The zero-order valence-electron chi connectivity index (χ0n) is 11.8. The normalized spacial score (nSPS) is 19.5. The molecule has 0 aromatic carbocycles. The van der Waals surface area contributed by atoms with Gasteiger partial charge in [0.05, 0.1) is 4.88 Å². The molecule has 0 unspecified atom stereocenters. The predicted molar refractivity (Wildman–Crippen MR) is 86.2 cm³/mol. The van der Waals surface area contributed by atoms with Crippen molar-refractivity contribution in [2.75, 3.05) is 26.2 Å². The van der Waals surface area contributed by atoms with Crippen LogP contribution < -0.4 is 5.32 Å². The fraction of sp³-hybridized carbons (Fsp3) is 0.667. The van der Waals surface area contributed by atoms with Gasteiger partial charge in [-0.3, -0.25) is 4.79 Å². The lowest BCUT2D eigenvalue weighted by Crippen LogP contribution is -2.33. The van der Waals surface area contributed by atoms with Crippen molar-refractivity contribution in [1.82, 2.24) is 10.2 Å². The molecule has 0 atom stereocenters. The molecular formula is C15H23ClN2OS. The van der Waals surface area contributed by atoms with Gasteiger partial charge in [0.1, 0.15) is 0 Å². The highest BCUT2D eigenvalue weighted by Crippen LogP contribution is 2.29. The Labute approximate surface area is 131 Å². The van der Waals surface area contributed by atoms with Gasteiger partial charge in [-0.05, 0) is 50.3 Å². The molecule has 5 heteroatoms. The summed E-state index contributed by atoms with van der Waals surface area (Å²) < 4.78 is 0. The number of aryl methyl sites for hydroxylation is 2. The maximum Gasteiger partial charge on any atom is 0.263 e. The summed E-state index contributed by atoms with van der Waals surface area (Å²) in [5.74, 6) is 0.252. The van der Waals surface area contributed by atoms with Crippen LogP contribution in [-0.4, -0.2) is 37.0 Å². The molecule has 1 amide bonds. The molecule has 1 N–H and O–H groups in total. The fourth-order valence-corrected chi connectivity index (χ4v) is 4.20. The number of nitrogens with zero attached hydrogens (tertiary/aromatic N) is 1. The highest BCUT2D eigenvalue weighted by atomic mass is 35.5. The molecule has 3 nitrogen and oxygen atoms in total. The zero-order chi connectivity index (χ0) is 13.1. The highest BCUT2D eigenvalue weighted by Gasteiger charge is 2.21. The van der Waals surface area contributed by atoms with Crippen LogP contribution in [0.1, 0.15) is 45.8 Å². The molecule has 2 heterocycles. The lowest BCUT2D eigenvalue weighted by Gasteiger charge is -2.18. The number of thiophene rings is 1. The molecule has 3 rings (SSSR count). The third kappa shape index (κ3) is 3.54. The standard InChI is InChI=1S/C15H22N2OS.ClH/c18-15(17-9-4-7-16-8-10-17)14-11-12-5-2-1-3-6-13(12)19-14;/h11,16H,1-10H2;1H. The third-order valence-electron chi connectivity index (χ3n) is 4.08. The first-order chi connectivity index (χ1) is 9.34. The second-order valence-electron chi connectivity index (χ2n) is 5.52. The van der Waals surface area contributed by atoms with Crippen molar-refractivity contribution in [1.29, 1.82) is 0 Å². The minimum atomic E-state index is 0. The molecule has 1 saturated heterocycles. The van der Waals surface area contributed by atoms with E-state index in [-0.39, 0.29) is 18.3 Å². The van der Waals surface area contributed by atoms with Gasteiger partial charge in [0.25, 0.3) is 5.91 Å². The number of fused-ring (bicyclic) bond motifs is 1. The number of carbonyl (C=O) groups excluding carboxylic acids is 1. The molecule has 1 aromatic rings. The van der Waals surface area contributed by atoms with Crippen LogP contribution in [-0.2, 0) is 12.8 Å². The Hall–Kier alpha value is -0.580. The van der Waals surface area contributed by atoms with Gasteiger partial charge < -0.3 is 10.2 Å². The minimum Gasteiger partial charge on any atom is -0.337 e. The number of hydrogen-bond acceptors (Lipinski definition) is 3. The van der Waals surface area contributed by atoms with E-state index < -0.39 is 0 Å². The summed E-state index contributed by atoms with van der Waals surface area (Å²) in [6.45, 7) is 3.71. The Kier molecular flexibility index (Phi) is 5.87. The van der Waals surface area contributed by atoms with Gasteiger partial charge in [-0.2, -0.15) is 0 Å². The number of carbonyl (C=O) groups is 1. The van der Waals surface area contributed by atoms with Crippen LogP contribution >= 0.6 is 23.7 Å². The van der Waals surface area contributed by atoms with Gasteiger partial charge in [-0.15, -0.1) is 23.7 Å². The molecule has 20 heavy (non-hydrogen) atoms. The Morgan fingerprint density at radius 3 is 2.85 bits per heavy atom. The first-order valence-electron chi connectivity index (χ1n) is 7.46. The number of nitrogens with one attached hydrogen (secondary N) is 1. The first kappa shape index (κ1) is 15.8. The van der Waals surface area contributed by atoms with E-state index in [0.717, 1.165) is 37.5 Å². The fourth-order valence-electron chi connectivity index (χ4n) is 2.98. The van der Waals surface area contributed by atoms with Gasteiger partial charge >= 0.3 is 0 Å². The van der Waals surface area contributed by atoms with E-state index >= 15 is 0 Å². The monoisotopic (exact) mass is 314 g/mol. The largest absolute Gasteiger partial charge is 0.337 e. The van der Waals surface area contributed by atoms with Gasteiger partial charge in [0.2, 0.25) is 0 Å². The summed E-state index contributed by atoms with van der Waals surface area (Å²) in [6, 6.07) is 2.17. The van der Waals surface area contributed by atoms with E-state index in [4.69, 9.17) is 0 Å². The van der Waals surface area contributed by atoms with Crippen molar-refractivity contribution in [3.05, 3.63) is 21.4 Å². The van der Waals surface area contributed by atoms with E-state index in [1.807, 2.05) is 4.90 Å². The van der Waals surface area contributed by atoms with Gasteiger partial charge in [0.15, 0.2) is 0 Å². The smallest absolute Gasteiger partial charge is 0.263 e. The van der Waals surface area contributed by atoms with Crippen molar-refractivity contribution >= 4 is 29.7 Å². The summed E-state index contributed by atoms with van der Waals surface area (Å²) in [7, 11) is 0. The van der Waals surface area contributed by atoms with Gasteiger partial charge in [0, 0.05) is 24.5 Å². The molecule has 1 fully saturated rings. The van der Waals surface area contributed by atoms with E-state index in [1.54, 1.807) is 11.3 Å². The molecule has 112 valence electrons. The SMILES string of the molecule is Cl.O=C(c1cc2c(s1)CCCCC2)N1CCCNCC1. The first-order valence-corrected chi connectivity index (χ1v) is 8.28. The number of hydrogen-bond donors (Lipinski definition) is 1. The van der Waals surface area contributed by atoms with Crippen LogP contribution in [0, 0.1) is 0 Å². The second kappa shape index (κ2) is 7.43. The minimum absolute atomic E-state index is 0. The van der Waals surface area contributed by atoms with Crippen LogP contribution in [0.15, 0.2) is 6.07 Å². The van der Waals surface area contributed by atoms with E-state index in [1.165, 1.54) is 42.5 Å². The molecule has 0 spiro atoms. The van der Waals surface area contributed by atoms with Crippen molar-refractivity contribution in [3.63, 3.8) is 0 Å². The molecule has 1 aromatic heterocycles.